The molecule has 0 amide bonds. The number of halogens is 1. The molecular weight excluding hydrogens is 346 g/mol. The summed E-state index contributed by atoms with van der Waals surface area (Å²) < 4.78 is 27.6. The minimum absolute atomic E-state index is 0.110. The first kappa shape index (κ1) is 17.1. The van der Waals surface area contributed by atoms with Crippen molar-refractivity contribution in [2.75, 3.05) is 0 Å². The molecular formula is C13H18BrNO4S. The highest BCUT2D eigenvalue weighted by Gasteiger charge is 2.25. The molecule has 0 saturated carbocycles. The summed E-state index contributed by atoms with van der Waals surface area (Å²) in [6.45, 7) is 5.41. The van der Waals surface area contributed by atoms with Crippen LogP contribution in [-0.2, 0) is 14.8 Å². The van der Waals surface area contributed by atoms with Crippen LogP contribution in [0, 0.1) is 12.8 Å². The first-order chi connectivity index (χ1) is 9.13. The Kier molecular flexibility index (Phi) is 5.73. The number of carboxylic acid groups (broad SMARTS) is 1. The van der Waals surface area contributed by atoms with E-state index in [0.29, 0.717) is 4.47 Å². The lowest BCUT2D eigenvalue weighted by Crippen LogP contribution is -2.40. The Balaban J connectivity index is 3.06. The number of sulfonamides is 1. The summed E-state index contributed by atoms with van der Waals surface area (Å²) in [5, 5.41) is 8.85. The molecule has 1 unspecified atom stereocenters. The van der Waals surface area contributed by atoms with Crippen LogP contribution in [0.5, 0.6) is 0 Å². The van der Waals surface area contributed by atoms with E-state index in [1.54, 1.807) is 26.0 Å². The highest BCUT2D eigenvalue weighted by atomic mass is 79.9. The molecule has 0 spiro atoms. The molecule has 0 aliphatic heterocycles. The molecule has 20 heavy (non-hydrogen) atoms. The lowest BCUT2D eigenvalue weighted by molar-refractivity contribution is -0.137. The van der Waals surface area contributed by atoms with E-state index < -0.39 is 22.0 Å². The van der Waals surface area contributed by atoms with Gasteiger partial charge in [0, 0.05) is 10.5 Å². The van der Waals surface area contributed by atoms with Gasteiger partial charge < -0.3 is 5.11 Å². The van der Waals surface area contributed by atoms with Crippen molar-refractivity contribution in [3.8, 4) is 0 Å². The molecule has 5 nitrogen and oxygen atoms in total. The number of hydrogen-bond acceptors (Lipinski definition) is 3. The number of carbonyl (C=O) groups is 1. The van der Waals surface area contributed by atoms with Crippen LogP contribution in [0.1, 0.15) is 25.8 Å². The van der Waals surface area contributed by atoms with Gasteiger partial charge in [-0.1, -0.05) is 19.9 Å². The predicted octanol–water partition coefficient (Wildman–Crippen LogP) is 2.54. The second-order valence-electron chi connectivity index (χ2n) is 5.00. The van der Waals surface area contributed by atoms with Crippen molar-refractivity contribution < 1.29 is 18.3 Å². The highest BCUT2D eigenvalue weighted by molar-refractivity contribution is 9.10. The standard InChI is InChI=1S/C13H18BrNO4S/c1-8(2)11(7-13(16)17)15-20(18,19)12-5-4-9(3)6-10(12)14/h4-6,8,11,15H,7H2,1-3H3,(H,16,17). The van der Waals surface area contributed by atoms with Gasteiger partial charge >= 0.3 is 5.97 Å². The Labute approximate surface area is 127 Å². The van der Waals surface area contributed by atoms with Gasteiger partial charge in [0.2, 0.25) is 10.0 Å². The summed E-state index contributed by atoms with van der Waals surface area (Å²) in [5.41, 5.74) is 0.932. The maximum atomic E-state index is 12.3. The second kappa shape index (κ2) is 6.69. The molecule has 0 bridgehead atoms. The van der Waals surface area contributed by atoms with E-state index in [9.17, 15) is 13.2 Å². The van der Waals surface area contributed by atoms with Crippen LogP contribution in [0.3, 0.4) is 0 Å². The minimum Gasteiger partial charge on any atom is -0.481 e. The number of aryl methyl sites for hydroxylation is 1. The van der Waals surface area contributed by atoms with E-state index in [1.165, 1.54) is 6.07 Å². The molecule has 1 atom stereocenters. The molecule has 112 valence electrons. The lowest BCUT2D eigenvalue weighted by Gasteiger charge is -2.21. The molecule has 7 heteroatoms. The molecule has 0 aliphatic rings. The van der Waals surface area contributed by atoms with Gasteiger partial charge in [0.1, 0.15) is 0 Å². The van der Waals surface area contributed by atoms with Gasteiger partial charge in [0.05, 0.1) is 11.3 Å². The van der Waals surface area contributed by atoms with E-state index in [0.717, 1.165) is 5.56 Å². The van der Waals surface area contributed by atoms with Crippen LogP contribution in [0.2, 0.25) is 0 Å². The fourth-order valence-corrected chi connectivity index (χ4v) is 4.26. The van der Waals surface area contributed by atoms with E-state index >= 15 is 0 Å². The minimum atomic E-state index is -3.76. The van der Waals surface area contributed by atoms with Gasteiger partial charge in [0.15, 0.2) is 0 Å². The zero-order valence-electron chi connectivity index (χ0n) is 11.6. The van der Waals surface area contributed by atoms with E-state index in [1.807, 2.05) is 6.92 Å². The van der Waals surface area contributed by atoms with Crippen molar-refractivity contribution in [2.24, 2.45) is 5.92 Å². The fourth-order valence-electron chi connectivity index (χ4n) is 1.69. The summed E-state index contributed by atoms with van der Waals surface area (Å²) in [6, 6.07) is 4.25. The number of rotatable bonds is 6. The molecule has 0 aliphatic carbocycles. The third kappa shape index (κ3) is 4.57. The van der Waals surface area contributed by atoms with Crippen molar-refractivity contribution >= 4 is 31.9 Å². The molecule has 1 aromatic carbocycles. The highest BCUT2D eigenvalue weighted by Crippen LogP contribution is 2.24. The molecule has 0 heterocycles. The molecule has 2 N–H and O–H groups in total. The topological polar surface area (TPSA) is 83.5 Å². The predicted molar refractivity (Wildman–Crippen MR) is 80.1 cm³/mol. The molecule has 1 aromatic rings. The molecule has 0 radical (unpaired) electrons. The van der Waals surface area contributed by atoms with Crippen LogP contribution in [0.15, 0.2) is 27.6 Å². The van der Waals surface area contributed by atoms with Gasteiger partial charge in [-0.2, -0.15) is 0 Å². The van der Waals surface area contributed by atoms with Crippen molar-refractivity contribution in [2.45, 2.75) is 38.1 Å². The van der Waals surface area contributed by atoms with Gasteiger partial charge in [-0.05, 0) is 46.5 Å². The monoisotopic (exact) mass is 363 g/mol. The average Bonchev–Trinajstić information content (AvgIpc) is 2.26. The maximum absolute atomic E-state index is 12.3. The van der Waals surface area contributed by atoms with Crippen LogP contribution in [0.4, 0.5) is 0 Å². The normalized spacial score (nSPS) is 13.4. The van der Waals surface area contributed by atoms with Gasteiger partial charge in [-0.15, -0.1) is 0 Å². The first-order valence-electron chi connectivity index (χ1n) is 6.13. The van der Waals surface area contributed by atoms with Crippen molar-refractivity contribution in [3.63, 3.8) is 0 Å². The number of nitrogens with one attached hydrogen (secondary N) is 1. The van der Waals surface area contributed by atoms with Crippen LogP contribution in [-0.4, -0.2) is 25.5 Å². The summed E-state index contributed by atoms with van der Waals surface area (Å²) >= 11 is 3.23. The Hall–Kier alpha value is -0.920. The number of benzene rings is 1. The first-order valence-corrected chi connectivity index (χ1v) is 8.41. The number of hydrogen-bond donors (Lipinski definition) is 2. The lowest BCUT2D eigenvalue weighted by atomic mass is 10.0. The smallest absolute Gasteiger partial charge is 0.304 e. The Morgan fingerprint density at radius 1 is 1.40 bits per heavy atom. The third-order valence-corrected chi connectivity index (χ3v) is 5.35. The maximum Gasteiger partial charge on any atom is 0.304 e. The van der Waals surface area contributed by atoms with Crippen molar-refractivity contribution in [1.82, 2.24) is 4.72 Å². The Morgan fingerprint density at radius 3 is 2.45 bits per heavy atom. The Morgan fingerprint density at radius 2 is 2.00 bits per heavy atom. The SMILES string of the molecule is Cc1ccc(S(=O)(=O)NC(CC(=O)O)C(C)C)c(Br)c1. The molecule has 0 saturated heterocycles. The molecule has 1 rings (SSSR count). The largest absolute Gasteiger partial charge is 0.481 e. The van der Waals surface area contributed by atoms with E-state index in [4.69, 9.17) is 5.11 Å². The van der Waals surface area contributed by atoms with Crippen molar-refractivity contribution in [3.05, 3.63) is 28.2 Å². The fraction of sp³-hybridized carbons (Fsp3) is 0.462. The van der Waals surface area contributed by atoms with Crippen LogP contribution in [0.25, 0.3) is 0 Å². The van der Waals surface area contributed by atoms with Gasteiger partial charge in [0.25, 0.3) is 0 Å². The molecule has 0 aromatic heterocycles. The number of carboxylic acids is 1. The zero-order valence-corrected chi connectivity index (χ0v) is 14.0. The van der Waals surface area contributed by atoms with Gasteiger partial charge in [-0.3, -0.25) is 4.79 Å². The quantitative estimate of drug-likeness (QED) is 0.813. The van der Waals surface area contributed by atoms with Crippen LogP contribution >= 0.6 is 15.9 Å². The summed E-state index contributed by atoms with van der Waals surface area (Å²) in [6.07, 6.45) is -0.250. The summed E-state index contributed by atoms with van der Waals surface area (Å²) in [4.78, 5) is 10.9. The van der Waals surface area contributed by atoms with E-state index in [2.05, 4.69) is 20.7 Å². The average molecular weight is 364 g/mol. The summed E-state index contributed by atoms with van der Waals surface area (Å²) in [5.74, 6) is -1.15. The third-order valence-electron chi connectivity index (χ3n) is 2.88. The second-order valence-corrected chi connectivity index (χ2v) is 7.54. The van der Waals surface area contributed by atoms with E-state index in [-0.39, 0.29) is 17.2 Å². The number of aliphatic carboxylic acids is 1. The van der Waals surface area contributed by atoms with Crippen LogP contribution < -0.4 is 4.72 Å². The zero-order chi connectivity index (χ0) is 15.5. The van der Waals surface area contributed by atoms with Gasteiger partial charge in [-0.25, -0.2) is 13.1 Å². The molecule has 0 fully saturated rings. The summed E-state index contributed by atoms with van der Waals surface area (Å²) in [7, 11) is -3.76. The van der Waals surface area contributed by atoms with Crippen molar-refractivity contribution in [1.29, 1.82) is 0 Å². The Bertz CT molecular complexity index is 598.